The summed E-state index contributed by atoms with van der Waals surface area (Å²) in [6.07, 6.45) is 0. The van der Waals surface area contributed by atoms with Crippen molar-refractivity contribution in [3.05, 3.63) is 63.6 Å². The second kappa shape index (κ2) is 5.94. The fraction of sp³-hybridized carbons (Fsp3) is 0. The first-order chi connectivity index (χ1) is 9.47. The molecule has 0 fully saturated rings. The fourth-order valence-electron chi connectivity index (χ4n) is 1.63. The van der Waals surface area contributed by atoms with Gasteiger partial charge in [-0.15, -0.1) is 0 Å². The van der Waals surface area contributed by atoms with E-state index in [1.807, 2.05) is 0 Å². The topological polar surface area (TPSA) is 72.2 Å². The Hall–Kier alpha value is -2.04. The Morgan fingerprint density at radius 3 is 2.15 bits per heavy atom. The summed E-state index contributed by atoms with van der Waals surface area (Å²) in [5.41, 5.74) is 6.12. The van der Waals surface area contributed by atoms with Gasteiger partial charge in [-0.3, -0.25) is 9.59 Å². The lowest BCUT2D eigenvalue weighted by atomic mass is 10.1. The zero-order valence-corrected chi connectivity index (χ0v) is 11.7. The number of nitrogens with one attached hydrogen (secondary N) is 1. The summed E-state index contributed by atoms with van der Waals surface area (Å²) in [5, 5.41) is 3.52. The van der Waals surface area contributed by atoms with Gasteiger partial charge < -0.3 is 11.1 Å². The van der Waals surface area contributed by atoms with E-state index in [4.69, 9.17) is 28.9 Å². The van der Waals surface area contributed by atoms with E-state index in [9.17, 15) is 9.59 Å². The molecule has 0 aromatic heterocycles. The molecule has 2 aromatic carbocycles. The third kappa shape index (κ3) is 3.29. The number of rotatable bonds is 3. The van der Waals surface area contributed by atoms with Gasteiger partial charge in [-0.1, -0.05) is 23.2 Å². The third-order valence-corrected chi connectivity index (χ3v) is 3.09. The number of carbonyl (C=O) groups excluding carboxylic acids is 2. The predicted octanol–water partition coefficient (Wildman–Crippen LogP) is 3.34. The maximum Gasteiger partial charge on any atom is 0.255 e. The highest BCUT2D eigenvalue weighted by molar-refractivity contribution is 6.31. The minimum absolute atomic E-state index is 0.191. The van der Waals surface area contributed by atoms with E-state index < -0.39 is 5.91 Å². The van der Waals surface area contributed by atoms with Crippen molar-refractivity contribution in [2.24, 2.45) is 5.73 Å². The van der Waals surface area contributed by atoms with E-state index in [-0.39, 0.29) is 17.2 Å². The molecular weight excluding hydrogens is 299 g/mol. The standard InChI is InChI=1S/C14H10Cl2N2O2/c15-9-3-1-8(2-4-9)14(20)18-12-7-10(16)5-6-11(12)13(17)19/h1-7H,(H2,17,19)(H,18,20). The number of primary amides is 1. The Bertz CT molecular complexity index is 669. The Labute approximate surface area is 125 Å². The van der Waals surface area contributed by atoms with Gasteiger partial charge in [-0.25, -0.2) is 0 Å². The van der Waals surface area contributed by atoms with Crippen molar-refractivity contribution in [3.63, 3.8) is 0 Å². The molecule has 0 aliphatic heterocycles. The molecule has 102 valence electrons. The summed E-state index contributed by atoms with van der Waals surface area (Å²) in [7, 11) is 0. The summed E-state index contributed by atoms with van der Waals surface area (Å²) in [6, 6.07) is 10.8. The smallest absolute Gasteiger partial charge is 0.255 e. The molecule has 0 radical (unpaired) electrons. The highest BCUT2D eigenvalue weighted by atomic mass is 35.5. The Morgan fingerprint density at radius 1 is 0.950 bits per heavy atom. The normalized spacial score (nSPS) is 10.1. The number of carbonyl (C=O) groups is 2. The Kier molecular flexibility index (Phi) is 4.27. The van der Waals surface area contributed by atoms with Crippen LogP contribution in [0.1, 0.15) is 20.7 Å². The summed E-state index contributed by atoms with van der Waals surface area (Å²) < 4.78 is 0. The first kappa shape index (κ1) is 14.4. The van der Waals surface area contributed by atoms with E-state index in [0.29, 0.717) is 15.6 Å². The van der Waals surface area contributed by atoms with E-state index >= 15 is 0 Å². The molecule has 2 aromatic rings. The summed E-state index contributed by atoms with van der Waals surface area (Å²) in [4.78, 5) is 23.4. The second-order valence-electron chi connectivity index (χ2n) is 4.02. The van der Waals surface area contributed by atoms with Crippen LogP contribution in [0.2, 0.25) is 10.0 Å². The van der Waals surface area contributed by atoms with Crippen LogP contribution >= 0.6 is 23.2 Å². The number of benzene rings is 2. The highest BCUT2D eigenvalue weighted by Crippen LogP contribution is 2.21. The van der Waals surface area contributed by atoms with Crippen LogP contribution in [0.5, 0.6) is 0 Å². The van der Waals surface area contributed by atoms with E-state index in [1.165, 1.54) is 18.2 Å². The Morgan fingerprint density at radius 2 is 1.55 bits per heavy atom. The number of amides is 2. The molecule has 20 heavy (non-hydrogen) atoms. The number of nitrogens with two attached hydrogens (primary N) is 1. The van der Waals surface area contributed by atoms with Crippen LogP contribution in [0.25, 0.3) is 0 Å². The molecule has 4 nitrogen and oxygen atoms in total. The van der Waals surface area contributed by atoms with Crippen molar-refractivity contribution < 1.29 is 9.59 Å². The van der Waals surface area contributed by atoms with Crippen LogP contribution in [-0.4, -0.2) is 11.8 Å². The molecule has 0 unspecified atom stereocenters. The SMILES string of the molecule is NC(=O)c1ccc(Cl)cc1NC(=O)c1ccc(Cl)cc1. The highest BCUT2D eigenvalue weighted by Gasteiger charge is 2.12. The molecule has 0 heterocycles. The predicted molar refractivity (Wildman–Crippen MR) is 79.4 cm³/mol. The molecule has 2 rings (SSSR count). The van der Waals surface area contributed by atoms with Crippen molar-refractivity contribution in [2.45, 2.75) is 0 Å². The Balaban J connectivity index is 2.29. The molecule has 0 aliphatic carbocycles. The molecule has 0 bridgehead atoms. The number of hydrogen-bond acceptors (Lipinski definition) is 2. The number of halogens is 2. The molecule has 0 saturated heterocycles. The quantitative estimate of drug-likeness (QED) is 0.912. The van der Waals surface area contributed by atoms with Crippen molar-refractivity contribution in [1.29, 1.82) is 0 Å². The van der Waals surface area contributed by atoms with Gasteiger partial charge >= 0.3 is 0 Å². The first-order valence-corrected chi connectivity index (χ1v) is 6.39. The van der Waals surface area contributed by atoms with Gasteiger partial charge in [0.1, 0.15) is 0 Å². The van der Waals surface area contributed by atoms with Gasteiger partial charge in [0.2, 0.25) is 0 Å². The number of hydrogen-bond donors (Lipinski definition) is 2. The summed E-state index contributed by atoms with van der Waals surface area (Å²) in [6.45, 7) is 0. The molecule has 6 heteroatoms. The van der Waals surface area contributed by atoms with Gasteiger partial charge in [-0.2, -0.15) is 0 Å². The third-order valence-electron chi connectivity index (χ3n) is 2.60. The van der Waals surface area contributed by atoms with Gasteiger partial charge in [0, 0.05) is 15.6 Å². The van der Waals surface area contributed by atoms with Crippen molar-refractivity contribution in [3.8, 4) is 0 Å². The maximum atomic E-state index is 12.1. The molecule has 0 atom stereocenters. The van der Waals surface area contributed by atoms with Gasteiger partial charge in [-0.05, 0) is 42.5 Å². The lowest BCUT2D eigenvalue weighted by molar-refractivity contribution is 0.100. The lowest BCUT2D eigenvalue weighted by Crippen LogP contribution is -2.18. The monoisotopic (exact) mass is 308 g/mol. The first-order valence-electron chi connectivity index (χ1n) is 5.63. The lowest BCUT2D eigenvalue weighted by Gasteiger charge is -2.09. The zero-order chi connectivity index (χ0) is 14.7. The van der Waals surface area contributed by atoms with Crippen LogP contribution in [0.4, 0.5) is 5.69 Å². The number of anilines is 1. The van der Waals surface area contributed by atoms with E-state index in [1.54, 1.807) is 24.3 Å². The molecule has 3 N–H and O–H groups in total. The molecule has 0 saturated carbocycles. The summed E-state index contributed by atoms with van der Waals surface area (Å²) in [5.74, 6) is -1.03. The summed E-state index contributed by atoms with van der Waals surface area (Å²) >= 11 is 11.6. The molecule has 0 aliphatic rings. The molecule has 0 spiro atoms. The van der Waals surface area contributed by atoms with Crippen LogP contribution in [0.3, 0.4) is 0 Å². The average Bonchev–Trinajstić information content (AvgIpc) is 2.39. The van der Waals surface area contributed by atoms with Crippen LogP contribution in [-0.2, 0) is 0 Å². The van der Waals surface area contributed by atoms with Gasteiger partial charge in [0.05, 0.1) is 11.3 Å². The average molecular weight is 309 g/mol. The van der Waals surface area contributed by atoms with Crippen molar-refractivity contribution in [1.82, 2.24) is 0 Å². The van der Waals surface area contributed by atoms with Crippen molar-refractivity contribution >= 4 is 40.7 Å². The van der Waals surface area contributed by atoms with Crippen LogP contribution in [0, 0.1) is 0 Å². The minimum Gasteiger partial charge on any atom is -0.366 e. The fourth-order valence-corrected chi connectivity index (χ4v) is 1.93. The maximum absolute atomic E-state index is 12.1. The van der Waals surface area contributed by atoms with Crippen LogP contribution < -0.4 is 11.1 Å². The molecule has 2 amide bonds. The second-order valence-corrected chi connectivity index (χ2v) is 4.89. The van der Waals surface area contributed by atoms with E-state index in [0.717, 1.165) is 0 Å². The van der Waals surface area contributed by atoms with Crippen molar-refractivity contribution in [2.75, 3.05) is 5.32 Å². The van der Waals surface area contributed by atoms with Crippen LogP contribution in [0.15, 0.2) is 42.5 Å². The minimum atomic E-state index is -0.645. The van der Waals surface area contributed by atoms with Gasteiger partial charge in [0.25, 0.3) is 11.8 Å². The molecular formula is C14H10Cl2N2O2. The van der Waals surface area contributed by atoms with Gasteiger partial charge in [0.15, 0.2) is 0 Å². The largest absolute Gasteiger partial charge is 0.366 e. The van der Waals surface area contributed by atoms with E-state index in [2.05, 4.69) is 5.32 Å². The zero-order valence-electron chi connectivity index (χ0n) is 10.2.